The second-order valence-corrected chi connectivity index (χ2v) is 4.93. The molecule has 0 aliphatic heterocycles. The molecule has 0 spiro atoms. The largest absolute Gasteiger partial charge is 0.333 e. The van der Waals surface area contributed by atoms with Crippen molar-refractivity contribution in [3.05, 3.63) is 0 Å². The van der Waals surface area contributed by atoms with Gasteiger partial charge >= 0.3 is 10.3 Å². The minimum Gasteiger partial charge on any atom is -0.273 e. The molecule has 1 fully saturated rings. The monoisotopic (exact) mass is 207 g/mol. The Morgan fingerprint density at radius 2 is 1.85 bits per heavy atom. The van der Waals surface area contributed by atoms with Crippen LogP contribution in [0.1, 0.15) is 45.4 Å². The first-order valence-electron chi connectivity index (χ1n) is 4.74. The van der Waals surface area contributed by atoms with E-state index in [1.165, 1.54) is 0 Å². The lowest BCUT2D eigenvalue weighted by molar-refractivity contribution is 0.252. The van der Waals surface area contributed by atoms with E-state index in [0.717, 1.165) is 38.5 Å². The first-order chi connectivity index (χ1) is 5.97. The summed E-state index contributed by atoms with van der Waals surface area (Å²) >= 11 is 0. The van der Waals surface area contributed by atoms with E-state index in [9.17, 15) is 8.42 Å². The first-order valence-corrected chi connectivity index (χ1v) is 6.18. The Bertz CT molecular complexity index is 255. The van der Waals surface area contributed by atoms with Gasteiger partial charge in [0.25, 0.3) is 0 Å². The third kappa shape index (κ3) is 3.25. The van der Waals surface area contributed by atoms with Gasteiger partial charge in [-0.05, 0) is 19.3 Å². The Morgan fingerprint density at radius 1 is 1.31 bits per heavy atom. The van der Waals surface area contributed by atoms with Gasteiger partial charge in [-0.1, -0.05) is 26.2 Å². The maximum Gasteiger partial charge on any atom is 0.333 e. The van der Waals surface area contributed by atoms with Gasteiger partial charge in [0.1, 0.15) is 0 Å². The third-order valence-electron chi connectivity index (χ3n) is 2.83. The second-order valence-electron chi connectivity index (χ2n) is 3.77. The summed E-state index contributed by atoms with van der Waals surface area (Å²) in [4.78, 5) is 0. The lowest BCUT2D eigenvalue weighted by Crippen LogP contribution is -2.48. The zero-order valence-corrected chi connectivity index (χ0v) is 8.73. The summed E-state index contributed by atoms with van der Waals surface area (Å²) in [6.45, 7) is 1.95. The SMILES string of the molecule is CCC1(NS(=O)(=O)O)CCCCC1. The van der Waals surface area contributed by atoms with Crippen LogP contribution in [-0.4, -0.2) is 18.5 Å². The lowest BCUT2D eigenvalue weighted by atomic mass is 9.81. The molecule has 78 valence electrons. The van der Waals surface area contributed by atoms with Crippen LogP contribution >= 0.6 is 0 Å². The molecule has 0 radical (unpaired) electrons. The minimum absolute atomic E-state index is 0.383. The van der Waals surface area contributed by atoms with Gasteiger partial charge in [-0.25, -0.2) is 0 Å². The van der Waals surface area contributed by atoms with Crippen LogP contribution in [0.5, 0.6) is 0 Å². The van der Waals surface area contributed by atoms with Gasteiger partial charge in [0.15, 0.2) is 0 Å². The van der Waals surface area contributed by atoms with Crippen LogP contribution in [0.2, 0.25) is 0 Å². The Hall–Kier alpha value is -0.130. The summed E-state index contributed by atoms with van der Waals surface area (Å²) in [5.74, 6) is 0. The molecule has 0 amide bonds. The van der Waals surface area contributed by atoms with E-state index in [-0.39, 0.29) is 5.54 Å². The molecule has 0 heterocycles. The molecule has 0 bridgehead atoms. The summed E-state index contributed by atoms with van der Waals surface area (Å²) in [6.07, 6.45) is 5.65. The molecule has 0 aromatic rings. The van der Waals surface area contributed by atoms with Crippen molar-refractivity contribution in [3.8, 4) is 0 Å². The molecule has 13 heavy (non-hydrogen) atoms. The molecule has 0 aromatic carbocycles. The van der Waals surface area contributed by atoms with Crippen molar-refractivity contribution in [1.29, 1.82) is 0 Å². The van der Waals surface area contributed by atoms with Crippen molar-refractivity contribution < 1.29 is 13.0 Å². The minimum atomic E-state index is -4.04. The molecule has 2 N–H and O–H groups in total. The van der Waals surface area contributed by atoms with Crippen LogP contribution in [0.3, 0.4) is 0 Å². The maximum atomic E-state index is 10.7. The van der Waals surface area contributed by atoms with Crippen LogP contribution in [0, 0.1) is 0 Å². The molecule has 0 aromatic heterocycles. The number of nitrogens with one attached hydrogen (secondary N) is 1. The number of hydrogen-bond donors (Lipinski definition) is 2. The average molecular weight is 207 g/mol. The van der Waals surface area contributed by atoms with E-state index in [4.69, 9.17) is 4.55 Å². The van der Waals surface area contributed by atoms with Crippen molar-refractivity contribution in [2.24, 2.45) is 0 Å². The summed E-state index contributed by atoms with van der Waals surface area (Å²) < 4.78 is 32.5. The Balaban J connectivity index is 2.68. The fraction of sp³-hybridized carbons (Fsp3) is 1.00. The maximum absolute atomic E-state index is 10.7. The Morgan fingerprint density at radius 3 is 2.23 bits per heavy atom. The van der Waals surface area contributed by atoms with Crippen molar-refractivity contribution in [2.45, 2.75) is 51.0 Å². The van der Waals surface area contributed by atoms with Gasteiger partial charge in [0, 0.05) is 5.54 Å². The van der Waals surface area contributed by atoms with Gasteiger partial charge < -0.3 is 0 Å². The van der Waals surface area contributed by atoms with Crippen molar-refractivity contribution in [2.75, 3.05) is 0 Å². The molecule has 1 aliphatic rings. The topological polar surface area (TPSA) is 66.4 Å². The zero-order chi connectivity index (χ0) is 9.95. The average Bonchev–Trinajstić information content (AvgIpc) is 2.03. The summed E-state index contributed by atoms with van der Waals surface area (Å²) in [5, 5.41) is 0. The number of hydrogen-bond acceptors (Lipinski definition) is 2. The zero-order valence-electron chi connectivity index (χ0n) is 7.91. The second kappa shape index (κ2) is 3.94. The molecule has 1 aliphatic carbocycles. The fourth-order valence-corrected chi connectivity index (χ4v) is 2.93. The van der Waals surface area contributed by atoms with Crippen molar-refractivity contribution in [1.82, 2.24) is 4.72 Å². The molecule has 1 rings (SSSR count). The van der Waals surface area contributed by atoms with Gasteiger partial charge in [-0.15, -0.1) is 0 Å². The van der Waals surface area contributed by atoms with E-state index < -0.39 is 10.3 Å². The summed E-state index contributed by atoms with van der Waals surface area (Å²) in [6, 6.07) is 0. The summed E-state index contributed by atoms with van der Waals surface area (Å²) in [7, 11) is -4.04. The van der Waals surface area contributed by atoms with Gasteiger partial charge in [0.05, 0.1) is 0 Å². The van der Waals surface area contributed by atoms with E-state index in [0.29, 0.717) is 0 Å². The van der Waals surface area contributed by atoms with E-state index >= 15 is 0 Å². The standard InChI is InChI=1S/C8H17NO3S/c1-2-8(9-13(10,11)12)6-4-3-5-7-8/h9H,2-7H2,1H3,(H,10,11,12). The molecule has 0 unspecified atom stereocenters. The van der Waals surface area contributed by atoms with Crippen LogP contribution in [-0.2, 0) is 10.3 Å². The van der Waals surface area contributed by atoms with E-state index in [1.807, 2.05) is 6.92 Å². The van der Waals surface area contributed by atoms with Crippen molar-refractivity contribution >= 4 is 10.3 Å². The quantitative estimate of drug-likeness (QED) is 0.689. The third-order valence-corrected chi connectivity index (χ3v) is 3.52. The van der Waals surface area contributed by atoms with Crippen LogP contribution in [0.15, 0.2) is 0 Å². The smallest absolute Gasteiger partial charge is 0.273 e. The highest BCUT2D eigenvalue weighted by Crippen LogP contribution is 2.31. The molecule has 5 heteroatoms. The van der Waals surface area contributed by atoms with E-state index in [2.05, 4.69) is 4.72 Å². The predicted octanol–water partition coefficient (Wildman–Crippen LogP) is 1.49. The van der Waals surface area contributed by atoms with Crippen LogP contribution in [0.4, 0.5) is 0 Å². The molecule has 1 saturated carbocycles. The van der Waals surface area contributed by atoms with E-state index in [1.54, 1.807) is 0 Å². The fourth-order valence-electron chi connectivity index (χ4n) is 2.03. The van der Waals surface area contributed by atoms with Crippen LogP contribution < -0.4 is 4.72 Å². The molecular weight excluding hydrogens is 190 g/mol. The van der Waals surface area contributed by atoms with Gasteiger partial charge in [-0.3, -0.25) is 4.55 Å². The highest BCUT2D eigenvalue weighted by atomic mass is 32.2. The highest BCUT2D eigenvalue weighted by molar-refractivity contribution is 7.83. The molecular formula is C8H17NO3S. The highest BCUT2D eigenvalue weighted by Gasteiger charge is 2.33. The summed E-state index contributed by atoms with van der Waals surface area (Å²) in [5.41, 5.74) is -0.383. The molecule has 0 atom stereocenters. The predicted molar refractivity (Wildman–Crippen MR) is 50.8 cm³/mol. The van der Waals surface area contributed by atoms with Crippen LogP contribution in [0.25, 0.3) is 0 Å². The normalized spacial score (nSPS) is 22.9. The lowest BCUT2D eigenvalue weighted by Gasteiger charge is -2.35. The van der Waals surface area contributed by atoms with Gasteiger partial charge in [-0.2, -0.15) is 13.1 Å². The number of rotatable bonds is 3. The molecule has 4 nitrogen and oxygen atoms in total. The molecule has 0 saturated heterocycles. The van der Waals surface area contributed by atoms with Gasteiger partial charge in [0.2, 0.25) is 0 Å². The first kappa shape index (κ1) is 10.9. The Labute approximate surface area is 79.6 Å². The Kier molecular flexibility index (Phi) is 3.32. The van der Waals surface area contributed by atoms with Crippen molar-refractivity contribution in [3.63, 3.8) is 0 Å².